The van der Waals surface area contributed by atoms with Crippen LogP contribution in [-0.4, -0.2) is 25.7 Å². The van der Waals surface area contributed by atoms with Gasteiger partial charge in [0.15, 0.2) is 0 Å². The van der Waals surface area contributed by atoms with Crippen molar-refractivity contribution in [3.63, 3.8) is 0 Å². The van der Waals surface area contributed by atoms with E-state index in [4.69, 9.17) is 11.0 Å². The number of anilines is 1. The van der Waals surface area contributed by atoms with E-state index in [9.17, 15) is 13.5 Å². The summed E-state index contributed by atoms with van der Waals surface area (Å²) in [6.07, 6.45) is 4.02. The fourth-order valence-electron chi connectivity index (χ4n) is 2.56. The third kappa shape index (κ3) is 3.73. The summed E-state index contributed by atoms with van der Waals surface area (Å²) >= 11 is 0. The van der Waals surface area contributed by atoms with Gasteiger partial charge in [0.25, 0.3) is 0 Å². The largest absolute Gasteiger partial charge is 0.399 e. The van der Waals surface area contributed by atoms with Gasteiger partial charge in [-0.15, -0.1) is 0 Å². The van der Waals surface area contributed by atoms with E-state index in [1.807, 2.05) is 6.07 Å². The standard InChI is InChI=1S/C14H19N3O3S/c15-9-11-8-12(16)4-5-13(11)21(19,20)17-10-14(18)6-2-1-3-7-14/h4-5,8,17-18H,1-3,6-7,10,16H2. The van der Waals surface area contributed by atoms with Crippen LogP contribution in [0.2, 0.25) is 0 Å². The molecular weight excluding hydrogens is 290 g/mol. The van der Waals surface area contributed by atoms with Crippen LogP contribution >= 0.6 is 0 Å². The van der Waals surface area contributed by atoms with Gasteiger partial charge in [-0.1, -0.05) is 19.3 Å². The molecule has 0 aliphatic heterocycles. The van der Waals surface area contributed by atoms with Crippen LogP contribution in [0.3, 0.4) is 0 Å². The molecule has 1 saturated carbocycles. The monoisotopic (exact) mass is 309 g/mol. The number of nitriles is 1. The zero-order chi connectivity index (χ0) is 15.5. The van der Waals surface area contributed by atoms with E-state index < -0.39 is 15.6 Å². The lowest BCUT2D eigenvalue weighted by Crippen LogP contribution is -2.44. The zero-order valence-corrected chi connectivity index (χ0v) is 12.5. The Balaban J connectivity index is 2.17. The summed E-state index contributed by atoms with van der Waals surface area (Å²) in [7, 11) is -3.85. The van der Waals surface area contributed by atoms with Crippen molar-refractivity contribution in [3.8, 4) is 6.07 Å². The van der Waals surface area contributed by atoms with Crippen molar-refractivity contribution in [1.29, 1.82) is 5.26 Å². The highest BCUT2D eigenvalue weighted by Crippen LogP contribution is 2.28. The number of benzene rings is 1. The Bertz CT molecular complexity index is 659. The molecule has 21 heavy (non-hydrogen) atoms. The van der Waals surface area contributed by atoms with Crippen LogP contribution in [0.4, 0.5) is 5.69 Å². The van der Waals surface area contributed by atoms with Crippen LogP contribution in [0.25, 0.3) is 0 Å². The molecule has 0 amide bonds. The second-order valence-electron chi connectivity index (χ2n) is 5.48. The molecule has 6 nitrogen and oxygen atoms in total. The van der Waals surface area contributed by atoms with E-state index in [0.29, 0.717) is 18.5 Å². The summed E-state index contributed by atoms with van der Waals surface area (Å²) in [4.78, 5) is -0.112. The van der Waals surface area contributed by atoms with E-state index in [1.54, 1.807) is 0 Å². The first kappa shape index (κ1) is 15.8. The molecule has 1 fully saturated rings. The van der Waals surface area contributed by atoms with E-state index in [-0.39, 0.29) is 17.0 Å². The molecule has 0 saturated heterocycles. The molecule has 0 radical (unpaired) electrons. The van der Waals surface area contributed by atoms with Crippen molar-refractivity contribution >= 4 is 15.7 Å². The number of rotatable bonds is 4. The van der Waals surface area contributed by atoms with E-state index in [2.05, 4.69) is 4.72 Å². The van der Waals surface area contributed by atoms with Crippen molar-refractivity contribution in [2.75, 3.05) is 12.3 Å². The molecule has 2 rings (SSSR count). The molecule has 0 spiro atoms. The molecule has 0 bridgehead atoms. The average Bonchev–Trinajstić information content (AvgIpc) is 2.46. The van der Waals surface area contributed by atoms with Gasteiger partial charge < -0.3 is 10.8 Å². The minimum absolute atomic E-state index is 0.00173. The van der Waals surface area contributed by atoms with Gasteiger partial charge in [0.2, 0.25) is 10.0 Å². The molecule has 0 aromatic heterocycles. The van der Waals surface area contributed by atoms with Crippen LogP contribution in [0.1, 0.15) is 37.7 Å². The van der Waals surface area contributed by atoms with Gasteiger partial charge >= 0.3 is 0 Å². The SMILES string of the molecule is N#Cc1cc(N)ccc1S(=O)(=O)NCC1(O)CCCCC1. The Labute approximate surface area is 124 Å². The molecule has 1 aromatic rings. The predicted octanol–water partition coefficient (Wildman–Crippen LogP) is 1.11. The van der Waals surface area contributed by atoms with Gasteiger partial charge in [0, 0.05) is 12.2 Å². The third-order valence-electron chi connectivity index (χ3n) is 3.79. The number of nitrogen functional groups attached to an aromatic ring is 1. The average molecular weight is 309 g/mol. The predicted molar refractivity (Wildman–Crippen MR) is 78.8 cm³/mol. The lowest BCUT2D eigenvalue weighted by Gasteiger charge is -2.32. The Kier molecular flexibility index (Phi) is 4.52. The first-order valence-corrected chi connectivity index (χ1v) is 8.36. The molecule has 1 aliphatic carbocycles. The lowest BCUT2D eigenvalue weighted by molar-refractivity contribution is 0.00945. The summed E-state index contributed by atoms with van der Waals surface area (Å²) in [5.41, 5.74) is 4.89. The van der Waals surface area contributed by atoms with Crippen LogP contribution in [0, 0.1) is 11.3 Å². The Morgan fingerprint density at radius 2 is 2.00 bits per heavy atom. The minimum atomic E-state index is -3.85. The van der Waals surface area contributed by atoms with Crippen molar-refractivity contribution < 1.29 is 13.5 Å². The summed E-state index contributed by atoms with van der Waals surface area (Å²) in [5.74, 6) is 0. The summed E-state index contributed by atoms with van der Waals surface area (Å²) in [6.45, 7) is -0.0371. The number of nitrogens with zero attached hydrogens (tertiary/aromatic N) is 1. The first-order valence-electron chi connectivity index (χ1n) is 6.88. The van der Waals surface area contributed by atoms with Crippen LogP contribution in [-0.2, 0) is 10.0 Å². The van der Waals surface area contributed by atoms with Crippen molar-refractivity contribution in [1.82, 2.24) is 4.72 Å². The maximum atomic E-state index is 12.3. The normalized spacial score (nSPS) is 18.1. The second kappa shape index (κ2) is 6.02. The first-order chi connectivity index (χ1) is 9.86. The molecule has 4 N–H and O–H groups in total. The molecule has 0 unspecified atom stereocenters. The highest BCUT2D eigenvalue weighted by Gasteiger charge is 2.31. The van der Waals surface area contributed by atoms with Crippen molar-refractivity contribution in [3.05, 3.63) is 23.8 Å². The fourth-order valence-corrected chi connectivity index (χ4v) is 3.82. The van der Waals surface area contributed by atoms with Gasteiger partial charge in [-0.05, 0) is 31.0 Å². The summed E-state index contributed by atoms with van der Waals surface area (Å²) < 4.78 is 27.0. The van der Waals surface area contributed by atoms with Gasteiger partial charge in [0.1, 0.15) is 6.07 Å². The third-order valence-corrected chi connectivity index (χ3v) is 5.25. The Morgan fingerprint density at radius 1 is 1.33 bits per heavy atom. The maximum absolute atomic E-state index is 12.3. The molecule has 1 aliphatic rings. The Hall–Kier alpha value is -1.62. The lowest BCUT2D eigenvalue weighted by atomic mass is 9.85. The maximum Gasteiger partial charge on any atom is 0.241 e. The highest BCUT2D eigenvalue weighted by molar-refractivity contribution is 7.89. The fraction of sp³-hybridized carbons (Fsp3) is 0.500. The second-order valence-corrected chi connectivity index (χ2v) is 7.21. The smallest absolute Gasteiger partial charge is 0.241 e. The number of aliphatic hydroxyl groups is 1. The number of hydrogen-bond acceptors (Lipinski definition) is 5. The zero-order valence-electron chi connectivity index (χ0n) is 11.7. The molecule has 0 atom stereocenters. The quantitative estimate of drug-likeness (QED) is 0.720. The van der Waals surface area contributed by atoms with Crippen LogP contribution in [0.5, 0.6) is 0 Å². The van der Waals surface area contributed by atoms with E-state index in [0.717, 1.165) is 19.3 Å². The Morgan fingerprint density at radius 3 is 2.62 bits per heavy atom. The molecule has 7 heteroatoms. The topological polar surface area (TPSA) is 116 Å². The number of nitrogens with two attached hydrogens (primary N) is 1. The molecule has 1 aromatic carbocycles. The molecular formula is C14H19N3O3S. The molecule has 114 valence electrons. The summed E-state index contributed by atoms with van der Waals surface area (Å²) in [6, 6.07) is 5.89. The minimum Gasteiger partial charge on any atom is -0.399 e. The summed E-state index contributed by atoms with van der Waals surface area (Å²) in [5, 5.41) is 19.4. The van der Waals surface area contributed by atoms with Gasteiger partial charge in [0.05, 0.1) is 16.1 Å². The van der Waals surface area contributed by atoms with E-state index >= 15 is 0 Å². The van der Waals surface area contributed by atoms with Crippen LogP contribution < -0.4 is 10.5 Å². The number of nitrogens with one attached hydrogen (secondary N) is 1. The van der Waals surface area contributed by atoms with Crippen LogP contribution in [0.15, 0.2) is 23.1 Å². The van der Waals surface area contributed by atoms with Gasteiger partial charge in [-0.2, -0.15) is 5.26 Å². The molecule has 0 heterocycles. The van der Waals surface area contributed by atoms with E-state index in [1.165, 1.54) is 18.2 Å². The highest BCUT2D eigenvalue weighted by atomic mass is 32.2. The van der Waals surface area contributed by atoms with Crippen molar-refractivity contribution in [2.24, 2.45) is 0 Å². The van der Waals surface area contributed by atoms with Crippen molar-refractivity contribution in [2.45, 2.75) is 42.6 Å². The van der Waals surface area contributed by atoms with Gasteiger partial charge in [-0.3, -0.25) is 0 Å². The number of sulfonamides is 1. The number of hydrogen-bond donors (Lipinski definition) is 3. The van der Waals surface area contributed by atoms with Gasteiger partial charge in [-0.25, -0.2) is 13.1 Å².